The number of rotatable bonds is 5. The normalized spacial score (nSPS) is 23.7. The first-order chi connectivity index (χ1) is 9.01. The minimum Gasteiger partial charge on any atom is -0.373 e. The zero-order valence-corrected chi connectivity index (χ0v) is 12.2. The highest BCUT2D eigenvalue weighted by Gasteiger charge is 2.26. The average molecular weight is 284 g/mol. The molecule has 1 aliphatic heterocycles. The lowest BCUT2D eigenvalue weighted by Gasteiger charge is -2.12. The third-order valence-corrected chi connectivity index (χ3v) is 4.67. The van der Waals surface area contributed by atoms with Crippen LogP contribution in [-0.2, 0) is 19.0 Å². The van der Waals surface area contributed by atoms with E-state index in [0.29, 0.717) is 0 Å². The number of aryl methyl sites for hydroxylation is 1. The maximum Gasteiger partial charge on any atom is 0.297 e. The van der Waals surface area contributed by atoms with E-state index in [4.69, 9.17) is 8.92 Å². The number of ether oxygens (including phenoxy) is 1. The van der Waals surface area contributed by atoms with Gasteiger partial charge in [-0.3, -0.25) is 4.18 Å². The molecule has 1 aliphatic rings. The molecule has 0 N–H and O–H groups in total. The molecule has 1 heterocycles. The predicted octanol–water partition coefficient (Wildman–Crippen LogP) is 2.66. The summed E-state index contributed by atoms with van der Waals surface area (Å²) in [7, 11) is -3.67. The van der Waals surface area contributed by atoms with Crippen LogP contribution in [0.4, 0.5) is 0 Å². The largest absolute Gasteiger partial charge is 0.373 e. The summed E-state index contributed by atoms with van der Waals surface area (Å²) >= 11 is 0. The van der Waals surface area contributed by atoms with Crippen molar-refractivity contribution in [1.29, 1.82) is 0 Å². The lowest BCUT2D eigenvalue weighted by molar-refractivity contribution is 0.0180. The monoisotopic (exact) mass is 284 g/mol. The van der Waals surface area contributed by atoms with Gasteiger partial charge in [-0.15, -0.1) is 0 Å². The van der Waals surface area contributed by atoms with Crippen LogP contribution in [0.2, 0.25) is 0 Å². The Bertz CT molecular complexity index is 507. The smallest absolute Gasteiger partial charge is 0.297 e. The second-order valence-corrected chi connectivity index (χ2v) is 6.53. The van der Waals surface area contributed by atoms with Crippen LogP contribution in [0.1, 0.15) is 31.7 Å². The van der Waals surface area contributed by atoms with Crippen LogP contribution >= 0.6 is 0 Å². The molecule has 0 spiro atoms. The Kier molecular flexibility index (Phi) is 4.60. The molecule has 0 radical (unpaired) electrons. The molecule has 1 saturated heterocycles. The van der Waals surface area contributed by atoms with Crippen LogP contribution in [0.15, 0.2) is 29.2 Å². The summed E-state index contributed by atoms with van der Waals surface area (Å²) < 4.78 is 34.7. The van der Waals surface area contributed by atoms with E-state index in [-0.39, 0.29) is 23.7 Å². The first-order valence-corrected chi connectivity index (χ1v) is 8.03. The van der Waals surface area contributed by atoms with E-state index in [9.17, 15) is 8.42 Å². The Labute approximate surface area is 114 Å². The Morgan fingerprint density at radius 2 is 1.84 bits per heavy atom. The van der Waals surface area contributed by atoms with Crippen molar-refractivity contribution in [3.05, 3.63) is 29.8 Å². The van der Waals surface area contributed by atoms with E-state index >= 15 is 0 Å². The molecule has 0 aliphatic carbocycles. The summed E-state index contributed by atoms with van der Waals surface area (Å²) in [5, 5.41) is 0. The molecule has 1 unspecified atom stereocenters. The van der Waals surface area contributed by atoms with Gasteiger partial charge in [-0.25, -0.2) is 0 Å². The van der Waals surface area contributed by atoms with Gasteiger partial charge in [0.1, 0.15) is 0 Å². The van der Waals surface area contributed by atoms with Gasteiger partial charge in [0, 0.05) is 0 Å². The van der Waals surface area contributed by atoms with Crippen LogP contribution < -0.4 is 0 Å². The molecule has 2 rings (SSSR count). The van der Waals surface area contributed by atoms with Gasteiger partial charge in [0.15, 0.2) is 0 Å². The molecule has 4 nitrogen and oxygen atoms in total. The molecular formula is C14H20O4S. The van der Waals surface area contributed by atoms with Crippen molar-refractivity contribution in [3.63, 3.8) is 0 Å². The molecular weight excluding hydrogens is 264 g/mol. The highest BCUT2D eigenvalue weighted by Crippen LogP contribution is 2.23. The molecule has 0 amide bonds. The zero-order chi connectivity index (χ0) is 13.9. The van der Waals surface area contributed by atoms with Crippen LogP contribution in [0.3, 0.4) is 0 Å². The lowest BCUT2D eigenvalue weighted by Crippen LogP contribution is -2.19. The maximum absolute atomic E-state index is 12.0. The highest BCUT2D eigenvalue weighted by atomic mass is 32.2. The van der Waals surface area contributed by atoms with Crippen molar-refractivity contribution in [2.24, 2.45) is 0 Å². The molecule has 106 valence electrons. The van der Waals surface area contributed by atoms with E-state index in [0.717, 1.165) is 24.8 Å². The molecule has 5 heteroatoms. The molecule has 2 atom stereocenters. The predicted molar refractivity (Wildman–Crippen MR) is 72.5 cm³/mol. The van der Waals surface area contributed by atoms with Crippen LogP contribution in [0, 0.1) is 6.92 Å². The fraction of sp³-hybridized carbons (Fsp3) is 0.571. The number of benzene rings is 1. The SMILES string of the molecule is CC[C@@H]1CCC(COS(=O)(=O)c2ccc(C)cc2)O1. The molecule has 1 aromatic rings. The summed E-state index contributed by atoms with van der Waals surface area (Å²) in [4.78, 5) is 0.197. The lowest BCUT2D eigenvalue weighted by atomic mass is 10.2. The van der Waals surface area contributed by atoms with Crippen molar-refractivity contribution in [3.8, 4) is 0 Å². The van der Waals surface area contributed by atoms with Crippen molar-refractivity contribution in [2.45, 2.75) is 50.2 Å². The minimum absolute atomic E-state index is 0.104. The molecule has 19 heavy (non-hydrogen) atoms. The second-order valence-electron chi connectivity index (χ2n) is 4.92. The van der Waals surface area contributed by atoms with Crippen LogP contribution in [0.25, 0.3) is 0 Å². The summed E-state index contributed by atoms with van der Waals surface area (Å²) in [5.74, 6) is 0. The van der Waals surface area contributed by atoms with Crippen molar-refractivity contribution < 1.29 is 17.3 Å². The number of hydrogen-bond donors (Lipinski definition) is 0. The zero-order valence-electron chi connectivity index (χ0n) is 11.3. The summed E-state index contributed by atoms with van der Waals surface area (Å²) in [6, 6.07) is 6.65. The maximum atomic E-state index is 12.0. The van der Waals surface area contributed by atoms with Gasteiger partial charge in [0.05, 0.1) is 23.7 Å². The Morgan fingerprint density at radius 3 is 2.42 bits per heavy atom. The van der Waals surface area contributed by atoms with Gasteiger partial charge < -0.3 is 4.74 Å². The van der Waals surface area contributed by atoms with Gasteiger partial charge in [0.25, 0.3) is 10.1 Å². The van der Waals surface area contributed by atoms with Crippen molar-refractivity contribution in [1.82, 2.24) is 0 Å². The van der Waals surface area contributed by atoms with E-state index in [2.05, 4.69) is 6.92 Å². The first kappa shape index (κ1) is 14.5. The number of hydrogen-bond acceptors (Lipinski definition) is 4. The second kappa shape index (κ2) is 6.03. The average Bonchev–Trinajstić information content (AvgIpc) is 2.85. The minimum atomic E-state index is -3.67. The van der Waals surface area contributed by atoms with E-state index in [1.54, 1.807) is 24.3 Å². The van der Waals surface area contributed by atoms with Gasteiger partial charge in [-0.2, -0.15) is 8.42 Å². The van der Waals surface area contributed by atoms with E-state index in [1.807, 2.05) is 6.92 Å². The Morgan fingerprint density at radius 1 is 1.21 bits per heavy atom. The Hall–Kier alpha value is -0.910. The van der Waals surface area contributed by atoms with Crippen molar-refractivity contribution >= 4 is 10.1 Å². The summed E-state index contributed by atoms with van der Waals surface area (Å²) in [5.41, 5.74) is 1.02. The van der Waals surface area contributed by atoms with Gasteiger partial charge in [0.2, 0.25) is 0 Å². The summed E-state index contributed by atoms with van der Waals surface area (Å²) in [6.07, 6.45) is 2.94. The fourth-order valence-corrected chi connectivity index (χ4v) is 3.08. The third-order valence-electron chi connectivity index (χ3n) is 3.37. The molecule has 1 aromatic carbocycles. The highest BCUT2D eigenvalue weighted by molar-refractivity contribution is 7.86. The first-order valence-electron chi connectivity index (χ1n) is 6.63. The summed E-state index contributed by atoms with van der Waals surface area (Å²) in [6.45, 7) is 4.08. The fourth-order valence-electron chi connectivity index (χ4n) is 2.14. The quantitative estimate of drug-likeness (QED) is 0.780. The third kappa shape index (κ3) is 3.78. The van der Waals surface area contributed by atoms with Crippen LogP contribution in [0.5, 0.6) is 0 Å². The topological polar surface area (TPSA) is 52.6 Å². The standard InChI is InChI=1S/C14H20O4S/c1-3-12-6-7-13(18-12)10-17-19(15,16)14-8-4-11(2)5-9-14/h4-5,8-9,12-13H,3,6-7,10H2,1-2H3/t12-,13?/m1/s1. The van der Waals surface area contributed by atoms with Gasteiger partial charge in [-0.1, -0.05) is 24.6 Å². The Balaban J connectivity index is 1.93. The van der Waals surface area contributed by atoms with Crippen molar-refractivity contribution in [2.75, 3.05) is 6.61 Å². The van der Waals surface area contributed by atoms with Crippen LogP contribution in [-0.4, -0.2) is 27.2 Å². The van der Waals surface area contributed by atoms with E-state index in [1.165, 1.54) is 0 Å². The molecule has 0 bridgehead atoms. The molecule has 0 aromatic heterocycles. The molecule has 0 saturated carbocycles. The van der Waals surface area contributed by atoms with E-state index < -0.39 is 10.1 Å². The van der Waals surface area contributed by atoms with Gasteiger partial charge in [-0.05, 0) is 38.3 Å². The molecule has 1 fully saturated rings. The van der Waals surface area contributed by atoms with Gasteiger partial charge >= 0.3 is 0 Å².